The first-order valence-electron chi connectivity index (χ1n) is 5.70. The molecule has 17 heavy (non-hydrogen) atoms. The number of aromatic nitrogens is 1. The second-order valence-corrected chi connectivity index (χ2v) is 6.05. The van der Waals surface area contributed by atoms with Crippen molar-refractivity contribution in [2.45, 2.75) is 25.3 Å². The lowest BCUT2D eigenvalue weighted by Crippen LogP contribution is -2.19. The van der Waals surface area contributed by atoms with Gasteiger partial charge in [-0.15, -0.1) is 11.3 Å². The lowest BCUT2D eigenvalue weighted by atomic mass is 9.98. The number of hydrogen-bond acceptors (Lipinski definition) is 4. The monoisotopic (exact) mass is 312 g/mol. The molecule has 0 radical (unpaired) electrons. The molecule has 0 aliphatic heterocycles. The molecular weight excluding hydrogens is 300 g/mol. The Bertz CT molecular complexity index is 534. The molecule has 1 aliphatic carbocycles. The van der Waals surface area contributed by atoms with Gasteiger partial charge in [-0.3, -0.25) is 0 Å². The fourth-order valence-corrected chi connectivity index (χ4v) is 4.02. The molecule has 1 N–H and O–H groups in total. The Kier molecular flexibility index (Phi) is 3.06. The summed E-state index contributed by atoms with van der Waals surface area (Å²) in [6.45, 7) is 0. The minimum absolute atomic E-state index is 0.457. The first-order valence-corrected chi connectivity index (χ1v) is 7.30. The van der Waals surface area contributed by atoms with E-state index in [1.807, 2.05) is 13.1 Å². The lowest BCUT2D eigenvalue weighted by Gasteiger charge is -2.19. The maximum Gasteiger partial charge on any atom is 0.176 e. The Morgan fingerprint density at radius 2 is 2.47 bits per heavy atom. The minimum atomic E-state index is 0.457. The molecule has 1 unspecified atom stereocenters. The Morgan fingerprint density at radius 3 is 3.18 bits per heavy atom. The number of furan rings is 1. The van der Waals surface area contributed by atoms with Crippen LogP contribution >= 0.6 is 27.3 Å². The molecule has 90 valence electrons. The third kappa shape index (κ3) is 1.96. The standard InChI is InChI=1S/C12H13BrN2OS/c1-14-8-3-2-4-9-11(8)17-12(15-9)10-7(13)5-6-16-10/h5-6,8,14H,2-4H2,1H3. The van der Waals surface area contributed by atoms with E-state index in [4.69, 9.17) is 9.40 Å². The van der Waals surface area contributed by atoms with Crippen molar-refractivity contribution in [2.24, 2.45) is 0 Å². The highest BCUT2D eigenvalue weighted by Crippen LogP contribution is 2.39. The van der Waals surface area contributed by atoms with Gasteiger partial charge in [0, 0.05) is 10.9 Å². The Hall–Kier alpha value is -0.650. The molecule has 0 fully saturated rings. The van der Waals surface area contributed by atoms with Crippen molar-refractivity contribution in [2.75, 3.05) is 7.05 Å². The van der Waals surface area contributed by atoms with E-state index >= 15 is 0 Å². The zero-order valence-corrected chi connectivity index (χ0v) is 11.9. The summed E-state index contributed by atoms with van der Waals surface area (Å²) in [7, 11) is 2.02. The number of hydrogen-bond donors (Lipinski definition) is 1. The summed E-state index contributed by atoms with van der Waals surface area (Å²) >= 11 is 5.23. The van der Waals surface area contributed by atoms with E-state index in [2.05, 4.69) is 21.2 Å². The van der Waals surface area contributed by atoms with E-state index in [-0.39, 0.29) is 0 Å². The van der Waals surface area contributed by atoms with Crippen LogP contribution in [0.1, 0.15) is 29.5 Å². The maximum atomic E-state index is 5.48. The van der Waals surface area contributed by atoms with Crippen LogP contribution in [0.4, 0.5) is 0 Å². The normalized spacial score (nSPS) is 19.3. The average Bonchev–Trinajstić information content (AvgIpc) is 2.93. The van der Waals surface area contributed by atoms with Crippen LogP contribution in [0.15, 0.2) is 21.2 Å². The van der Waals surface area contributed by atoms with Gasteiger partial charge < -0.3 is 9.73 Å². The predicted molar refractivity (Wildman–Crippen MR) is 72.3 cm³/mol. The number of nitrogens with zero attached hydrogens (tertiary/aromatic N) is 1. The first-order chi connectivity index (χ1) is 8.29. The molecule has 0 amide bonds. The lowest BCUT2D eigenvalue weighted by molar-refractivity contribution is 0.501. The molecule has 2 aromatic rings. The van der Waals surface area contributed by atoms with Crippen molar-refractivity contribution in [3.63, 3.8) is 0 Å². The second-order valence-electron chi connectivity index (χ2n) is 4.16. The van der Waals surface area contributed by atoms with E-state index in [1.54, 1.807) is 17.6 Å². The van der Waals surface area contributed by atoms with Gasteiger partial charge in [-0.1, -0.05) is 0 Å². The van der Waals surface area contributed by atoms with Crippen LogP contribution in [0.3, 0.4) is 0 Å². The van der Waals surface area contributed by atoms with Crippen molar-refractivity contribution in [3.05, 3.63) is 27.4 Å². The summed E-state index contributed by atoms with van der Waals surface area (Å²) < 4.78 is 6.45. The maximum absolute atomic E-state index is 5.48. The summed E-state index contributed by atoms with van der Waals surface area (Å²) in [4.78, 5) is 6.08. The molecule has 2 heterocycles. The van der Waals surface area contributed by atoms with Gasteiger partial charge in [-0.25, -0.2) is 4.98 Å². The highest BCUT2D eigenvalue weighted by atomic mass is 79.9. The molecular formula is C12H13BrN2OS. The number of nitrogens with one attached hydrogen (secondary N) is 1. The van der Waals surface area contributed by atoms with Crippen LogP contribution in [0.5, 0.6) is 0 Å². The van der Waals surface area contributed by atoms with Crippen molar-refractivity contribution in [3.8, 4) is 10.8 Å². The van der Waals surface area contributed by atoms with Crippen LogP contribution in [0.2, 0.25) is 0 Å². The van der Waals surface area contributed by atoms with Gasteiger partial charge in [0.25, 0.3) is 0 Å². The van der Waals surface area contributed by atoms with Crippen LogP contribution < -0.4 is 5.32 Å². The molecule has 0 saturated heterocycles. The van der Waals surface area contributed by atoms with Crippen LogP contribution in [0, 0.1) is 0 Å². The third-order valence-electron chi connectivity index (χ3n) is 3.11. The van der Waals surface area contributed by atoms with Gasteiger partial charge in [0.15, 0.2) is 10.8 Å². The van der Waals surface area contributed by atoms with Crippen molar-refractivity contribution in [1.29, 1.82) is 0 Å². The summed E-state index contributed by atoms with van der Waals surface area (Å²) in [6, 6.07) is 2.37. The zero-order valence-electron chi connectivity index (χ0n) is 9.50. The molecule has 0 aromatic carbocycles. The summed E-state index contributed by atoms with van der Waals surface area (Å²) in [5.74, 6) is 0.847. The van der Waals surface area contributed by atoms with E-state index in [9.17, 15) is 0 Å². The number of fused-ring (bicyclic) bond motifs is 1. The smallest absolute Gasteiger partial charge is 0.176 e. The number of thiazole rings is 1. The van der Waals surface area contributed by atoms with Crippen molar-refractivity contribution in [1.82, 2.24) is 10.3 Å². The van der Waals surface area contributed by atoms with Gasteiger partial charge in [0.2, 0.25) is 0 Å². The topological polar surface area (TPSA) is 38.1 Å². The molecule has 0 spiro atoms. The molecule has 0 saturated carbocycles. The summed E-state index contributed by atoms with van der Waals surface area (Å²) in [6.07, 6.45) is 5.18. The highest BCUT2D eigenvalue weighted by molar-refractivity contribution is 9.10. The first kappa shape index (κ1) is 11.4. The second kappa shape index (κ2) is 4.55. The van der Waals surface area contributed by atoms with Gasteiger partial charge in [0.1, 0.15) is 0 Å². The van der Waals surface area contributed by atoms with Crippen molar-refractivity contribution < 1.29 is 4.42 Å². The largest absolute Gasteiger partial charge is 0.461 e. The van der Waals surface area contributed by atoms with Gasteiger partial charge in [-0.05, 0) is 48.3 Å². The highest BCUT2D eigenvalue weighted by Gasteiger charge is 2.25. The van der Waals surface area contributed by atoms with Crippen LogP contribution in [-0.2, 0) is 6.42 Å². The molecule has 2 aromatic heterocycles. The number of halogens is 1. The van der Waals surface area contributed by atoms with Gasteiger partial charge in [0.05, 0.1) is 16.4 Å². The van der Waals surface area contributed by atoms with Gasteiger partial charge >= 0.3 is 0 Å². The molecule has 3 nitrogen and oxygen atoms in total. The molecule has 1 atom stereocenters. The average molecular weight is 313 g/mol. The Balaban J connectivity index is 2.04. The fourth-order valence-electron chi connectivity index (χ4n) is 2.24. The van der Waals surface area contributed by atoms with E-state index in [1.165, 1.54) is 23.4 Å². The minimum Gasteiger partial charge on any atom is -0.461 e. The Labute approximate surface area is 112 Å². The fraction of sp³-hybridized carbons (Fsp3) is 0.417. The quantitative estimate of drug-likeness (QED) is 0.917. The zero-order chi connectivity index (χ0) is 11.8. The molecule has 3 rings (SSSR count). The predicted octanol–water partition coefficient (Wildman–Crippen LogP) is 3.76. The number of rotatable bonds is 2. The SMILES string of the molecule is CNC1CCCc2nc(-c3occc3Br)sc21. The van der Waals surface area contributed by atoms with Crippen LogP contribution in [-0.4, -0.2) is 12.0 Å². The van der Waals surface area contributed by atoms with E-state index < -0.39 is 0 Å². The van der Waals surface area contributed by atoms with E-state index in [0.717, 1.165) is 21.7 Å². The summed E-state index contributed by atoms with van der Waals surface area (Å²) in [5, 5.41) is 4.34. The summed E-state index contributed by atoms with van der Waals surface area (Å²) in [5.41, 5.74) is 1.24. The molecule has 5 heteroatoms. The number of aryl methyl sites for hydroxylation is 1. The molecule has 0 bridgehead atoms. The van der Waals surface area contributed by atoms with E-state index in [0.29, 0.717) is 6.04 Å². The molecule has 1 aliphatic rings. The van der Waals surface area contributed by atoms with Crippen LogP contribution in [0.25, 0.3) is 10.8 Å². The van der Waals surface area contributed by atoms with Crippen molar-refractivity contribution >= 4 is 27.3 Å². The van der Waals surface area contributed by atoms with Gasteiger partial charge in [-0.2, -0.15) is 0 Å². The third-order valence-corrected chi connectivity index (χ3v) is 4.94. The Morgan fingerprint density at radius 1 is 1.59 bits per heavy atom.